The highest BCUT2D eigenvalue weighted by Gasteiger charge is 2.12. The Balaban J connectivity index is 1.24. The third-order valence-corrected chi connectivity index (χ3v) is 6.31. The molecular weight excluding hydrogens is 388 g/mol. The third-order valence-electron chi connectivity index (χ3n) is 6.31. The van der Waals surface area contributed by atoms with Crippen LogP contribution in [-0.2, 0) is 13.0 Å². The molecule has 0 spiro atoms. The third kappa shape index (κ3) is 4.36. The molecule has 1 aliphatic rings. The molecule has 5 rings (SSSR count). The molecular formula is C30H28N2. The quantitative estimate of drug-likeness (QED) is 0.346. The van der Waals surface area contributed by atoms with Crippen LogP contribution < -0.4 is 0 Å². The van der Waals surface area contributed by atoms with Crippen LogP contribution in [0.3, 0.4) is 0 Å². The molecule has 3 aromatic carbocycles. The van der Waals surface area contributed by atoms with Crippen molar-refractivity contribution in [1.82, 2.24) is 9.88 Å². The van der Waals surface area contributed by atoms with E-state index in [1.54, 1.807) is 0 Å². The fourth-order valence-corrected chi connectivity index (χ4v) is 4.43. The van der Waals surface area contributed by atoms with Gasteiger partial charge in [-0.1, -0.05) is 60.7 Å². The van der Waals surface area contributed by atoms with Gasteiger partial charge in [-0.25, -0.2) is 0 Å². The van der Waals surface area contributed by atoms with Crippen molar-refractivity contribution in [3.63, 3.8) is 0 Å². The van der Waals surface area contributed by atoms with Crippen LogP contribution >= 0.6 is 0 Å². The zero-order valence-electron chi connectivity index (χ0n) is 18.8. The second kappa shape index (κ2) is 8.84. The van der Waals surface area contributed by atoms with Crippen LogP contribution in [0.4, 0.5) is 0 Å². The van der Waals surface area contributed by atoms with Crippen LogP contribution in [0.15, 0.2) is 91.3 Å². The first kappa shape index (κ1) is 20.3. The number of fused-ring (bicyclic) bond motifs is 1. The highest BCUT2D eigenvalue weighted by Crippen LogP contribution is 2.29. The largest absolute Gasteiger partial charge is 0.373 e. The van der Waals surface area contributed by atoms with Gasteiger partial charge in [0, 0.05) is 25.0 Å². The first-order chi connectivity index (χ1) is 15.7. The molecule has 0 atom stereocenters. The average Bonchev–Trinajstić information content (AvgIpc) is 2.83. The van der Waals surface area contributed by atoms with Crippen molar-refractivity contribution in [2.45, 2.75) is 26.8 Å². The van der Waals surface area contributed by atoms with Gasteiger partial charge in [-0.2, -0.15) is 0 Å². The lowest BCUT2D eigenvalue weighted by molar-refractivity contribution is 0.371. The number of rotatable bonds is 5. The van der Waals surface area contributed by atoms with Crippen molar-refractivity contribution in [2.24, 2.45) is 0 Å². The molecule has 0 amide bonds. The molecule has 0 saturated heterocycles. The Morgan fingerprint density at radius 1 is 0.812 bits per heavy atom. The Bertz CT molecular complexity index is 1270. The van der Waals surface area contributed by atoms with Crippen LogP contribution in [0.1, 0.15) is 27.9 Å². The van der Waals surface area contributed by atoms with Crippen molar-refractivity contribution in [3.8, 4) is 22.3 Å². The van der Waals surface area contributed by atoms with E-state index >= 15 is 0 Å². The van der Waals surface area contributed by atoms with Gasteiger partial charge in [-0.3, -0.25) is 4.98 Å². The van der Waals surface area contributed by atoms with E-state index in [9.17, 15) is 0 Å². The van der Waals surface area contributed by atoms with Gasteiger partial charge in [0.1, 0.15) is 0 Å². The second-order valence-electron chi connectivity index (χ2n) is 8.65. The number of benzene rings is 3. The average molecular weight is 417 g/mol. The maximum atomic E-state index is 4.29. The Labute approximate surface area is 190 Å². The number of pyridine rings is 1. The molecule has 2 nitrogen and oxygen atoms in total. The Morgan fingerprint density at radius 3 is 2.44 bits per heavy atom. The molecule has 1 aliphatic heterocycles. The number of hydrogen-bond donors (Lipinski definition) is 0. The first-order valence-corrected chi connectivity index (χ1v) is 11.3. The second-order valence-corrected chi connectivity index (χ2v) is 8.65. The van der Waals surface area contributed by atoms with E-state index in [4.69, 9.17) is 0 Å². The predicted molar refractivity (Wildman–Crippen MR) is 134 cm³/mol. The molecule has 32 heavy (non-hydrogen) atoms. The smallest absolute Gasteiger partial charge is 0.0430 e. The Kier molecular flexibility index (Phi) is 5.60. The zero-order chi connectivity index (χ0) is 21.9. The van der Waals surface area contributed by atoms with Gasteiger partial charge in [0.2, 0.25) is 0 Å². The molecule has 0 radical (unpaired) electrons. The molecule has 158 valence electrons. The molecule has 4 aromatic rings. The lowest BCUT2D eigenvalue weighted by Gasteiger charge is -2.26. The van der Waals surface area contributed by atoms with Crippen molar-refractivity contribution in [3.05, 3.63) is 119 Å². The van der Waals surface area contributed by atoms with Crippen molar-refractivity contribution >= 4 is 6.08 Å². The first-order valence-electron chi connectivity index (χ1n) is 11.3. The predicted octanol–water partition coefficient (Wildman–Crippen LogP) is 7.06. The highest BCUT2D eigenvalue weighted by atomic mass is 15.1. The van der Waals surface area contributed by atoms with E-state index in [-0.39, 0.29) is 0 Å². The summed E-state index contributed by atoms with van der Waals surface area (Å²) in [4.78, 5) is 6.70. The topological polar surface area (TPSA) is 16.1 Å². The van der Waals surface area contributed by atoms with Crippen LogP contribution in [0.25, 0.3) is 28.3 Å². The minimum atomic E-state index is 0.967. The van der Waals surface area contributed by atoms with E-state index in [2.05, 4.69) is 108 Å². The molecule has 0 N–H and O–H groups in total. The van der Waals surface area contributed by atoms with Gasteiger partial charge >= 0.3 is 0 Å². The zero-order valence-corrected chi connectivity index (χ0v) is 18.8. The van der Waals surface area contributed by atoms with Crippen LogP contribution in [-0.4, -0.2) is 16.4 Å². The summed E-state index contributed by atoms with van der Waals surface area (Å²) >= 11 is 0. The summed E-state index contributed by atoms with van der Waals surface area (Å²) in [7, 11) is 0. The summed E-state index contributed by atoms with van der Waals surface area (Å²) in [5.74, 6) is 0. The molecule has 0 fully saturated rings. The van der Waals surface area contributed by atoms with Gasteiger partial charge < -0.3 is 4.90 Å². The van der Waals surface area contributed by atoms with E-state index in [0.29, 0.717) is 0 Å². The van der Waals surface area contributed by atoms with Gasteiger partial charge in [0.25, 0.3) is 0 Å². The van der Waals surface area contributed by atoms with Crippen LogP contribution in [0, 0.1) is 13.8 Å². The van der Waals surface area contributed by atoms with Crippen LogP contribution in [0.2, 0.25) is 0 Å². The molecule has 0 aliphatic carbocycles. The summed E-state index contributed by atoms with van der Waals surface area (Å²) in [6, 6.07) is 28.6. The standard InChI is InChI=1S/C30H28N2/c1-22-5-3-4-6-30(22)28-11-12-29-21-32(18-15-27(29)20-28)17-14-24-7-9-25(10-8-24)26-13-16-31-23(2)19-26/h3-13,15-16,18-20H,14,17,21H2,1-2H3. The van der Waals surface area contributed by atoms with Gasteiger partial charge in [-0.15, -0.1) is 0 Å². The Morgan fingerprint density at radius 2 is 1.62 bits per heavy atom. The van der Waals surface area contributed by atoms with E-state index in [0.717, 1.165) is 25.2 Å². The summed E-state index contributed by atoms with van der Waals surface area (Å²) < 4.78 is 0. The monoisotopic (exact) mass is 416 g/mol. The van der Waals surface area contributed by atoms with Crippen molar-refractivity contribution in [2.75, 3.05) is 6.54 Å². The molecule has 0 saturated carbocycles. The molecule has 2 heteroatoms. The number of aryl methyl sites for hydroxylation is 2. The van der Waals surface area contributed by atoms with Gasteiger partial charge in [-0.05, 0) is 95.3 Å². The Hall–Kier alpha value is -3.65. The summed E-state index contributed by atoms with van der Waals surface area (Å²) in [6.45, 7) is 6.19. The highest BCUT2D eigenvalue weighted by molar-refractivity contribution is 5.72. The summed E-state index contributed by atoms with van der Waals surface area (Å²) in [5, 5.41) is 0. The van der Waals surface area contributed by atoms with E-state index in [1.165, 1.54) is 44.5 Å². The SMILES string of the molecule is Cc1cc(-c2ccc(CCN3C=Cc4cc(-c5ccccc5C)ccc4C3)cc2)ccn1. The van der Waals surface area contributed by atoms with E-state index in [1.807, 2.05) is 13.1 Å². The number of nitrogens with zero attached hydrogens (tertiary/aromatic N) is 2. The molecule has 2 heterocycles. The summed E-state index contributed by atoms with van der Waals surface area (Å²) in [6.07, 6.45) is 7.42. The lowest BCUT2D eigenvalue weighted by Crippen LogP contribution is -2.22. The fourth-order valence-electron chi connectivity index (χ4n) is 4.43. The van der Waals surface area contributed by atoms with Gasteiger partial charge in [0.15, 0.2) is 0 Å². The minimum Gasteiger partial charge on any atom is -0.373 e. The number of hydrogen-bond acceptors (Lipinski definition) is 2. The molecule has 0 bridgehead atoms. The fraction of sp³-hybridized carbons (Fsp3) is 0.167. The van der Waals surface area contributed by atoms with Crippen LogP contribution in [0.5, 0.6) is 0 Å². The van der Waals surface area contributed by atoms with Gasteiger partial charge in [0.05, 0.1) is 0 Å². The molecule has 0 unspecified atom stereocenters. The maximum Gasteiger partial charge on any atom is 0.0430 e. The van der Waals surface area contributed by atoms with Crippen molar-refractivity contribution in [1.29, 1.82) is 0 Å². The maximum absolute atomic E-state index is 4.29. The summed E-state index contributed by atoms with van der Waals surface area (Å²) in [5.41, 5.74) is 11.6. The van der Waals surface area contributed by atoms with E-state index < -0.39 is 0 Å². The minimum absolute atomic E-state index is 0.967. The molecule has 1 aromatic heterocycles. The number of aromatic nitrogens is 1. The normalized spacial score (nSPS) is 12.6. The lowest BCUT2D eigenvalue weighted by atomic mass is 9.95. The van der Waals surface area contributed by atoms with Crippen molar-refractivity contribution < 1.29 is 0 Å².